The Bertz CT molecular complexity index is 350. The van der Waals surface area contributed by atoms with E-state index in [1.165, 1.54) is 5.56 Å². The van der Waals surface area contributed by atoms with Crippen molar-refractivity contribution in [1.29, 1.82) is 0 Å². The van der Waals surface area contributed by atoms with E-state index in [2.05, 4.69) is 17.3 Å². The van der Waals surface area contributed by atoms with Crippen LogP contribution in [-0.4, -0.2) is 12.8 Å². The van der Waals surface area contributed by atoms with Gasteiger partial charge in [-0.1, -0.05) is 28.9 Å². The number of rotatable bonds is 4. The first-order chi connectivity index (χ1) is 6.83. The van der Waals surface area contributed by atoms with Crippen LogP contribution in [0, 0.1) is 19.3 Å². The van der Waals surface area contributed by atoms with Crippen molar-refractivity contribution in [2.45, 2.75) is 13.3 Å². The molecule has 0 unspecified atom stereocenters. The third-order valence-electron chi connectivity index (χ3n) is 1.60. The second kappa shape index (κ2) is 5.82. The molecule has 0 amide bonds. The fourth-order valence-electron chi connectivity index (χ4n) is 0.950. The van der Waals surface area contributed by atoms with Crippen molar-refractivity contribution < 1.29 is 4.84 Å². The van der Waals surface area contributed by atoms with E-state index >= 15 is 0 Å². The Morgan fingerprint density at radius 1 is 1.50 bits per heavy atom. The lowest BCUT2D eigenvalue weighted by molar-refractivity contribution is 0.152. The molecule has 0 aromatic heterocycles. The molecular weight excluding hydrogens is 174 g/mol. The van der Waals surface area contributed by atoms with Gasteiger partial charge >= 0.3 is 0 Å². The maximum atomic E-state index is 5.05. The molecule has 0 aliphatic carbocycles. The smallest absolute Gasteiger partial charge is 0.139 e. The molecule has 71 valence electrons. The molecule has 0 saturated carbocycles. The average Bonchev–Trinajstić information content (AvgIpc) is 2.18. The maximum Gasteiger partial charge on any atom is 0.139 e. The Hall–Kier alpha value is -1.75. The lowest BCUT2D eigenvalue weighted by Crippen LogP contribution is -1.87. The molecule has 0 spiro atoms. The highest BCUT2D eigenvalue weighted by Gasteiger charge is 1.88. The predicted molar refractivity (Wildman–Crippen MR) is 57.1 cm³/mol. The summed E-state index contributed by atoms with van der Waals surface area (Å²) in [6.07, 6.45) is 8.40. The normalized spacial score (nSPS) is 10.0. The zero-order chi connectivity index (χ0) is 10.2. The van der Waals surface area contributed by atoms with E-state index in [4.69, 9.17) is 11.3 Å². The van der Waals surface area contributed by atoms with Gasteiger partial charge < -0.3 is 4.84 Å². The zero-order valence-corrected chi connectivity index (χ0v) is 8.16. The highest BCUT2D eigenvalue weighted by Crippen LogP contribution is 2.00. The summed E-state index contributed by atoms with van der Waals surface area (Å²) in [5.41, 5.74) is 2.08. The van der Waals surface area contributed by atoms with Crippen molar-refractivity contribution in [2.24, 2.45) is 5.16 Å². The van der Waals surface area contributed by atoms with Crippen LogP contribution >= 0.6 is 0 Å². The minimum Gasteiger partial charge on any atom is -0.394 e. The van der Waals surface area contributed by atoms with E-state index in [9.17, 15) is 0 Å². The lowest BCUT2D eigenvalue weighted by atomic mass is 10.2. The van der Waals surface area contributed by atoms with Crippen molar-refractivity contribution >= 4 is 6.21 Å². The van der Waals surface area contributed by atoms with Crippen LogP contribution in [0.3, 0.4) is 0 Å². The standard InChI is InChI=1S/C12H12NO/c1-3-4-8-14-13-10-12-7-5-6-11(2)9-12/h1,5-7,9H,4,8H2,2H3. The summed E-state index contributed by atoms with van der Waals surface area (Å²) < 4.78 is 0. The van der Waals surface area contributed by atoms with E-state index in [0.29, 0.717) is 13.0 Å². The Kier molecular flexibility index (Phi) is 4.30. The van der Waals surface area contributed by atoms with Gasteiger partial charge in [0.25, 0.3) is 0 Å². The summed E-state index contributed by atoms with van der Waals surface area (Å²) in [4.78, 5) is 4.89. The molecule has 0 atom stereocenters. The summed E-state index contributed by atoms with van der Waals surface area (Å²) in [5, 5.41) is 3.67. The Morgan fingerprint density at radius 3 is 3.07 bits per heavy atom. The van der Waals surface area contributed by atoms with E-state index in [1.54, 1.807) is 0 Å². The molecule has 0 N–H and O–H groups in total. The van der Waals surface area contributed by atoms with Crippen LogP contribution in [0.15, 0.2) is 29.4 Å². The second-order valence-electron chi connectivity index (χ2n) is 2.86. The number of hydrogen-bond acceptors (Lipinski definition) is 2. The molecule has 0 aliphatic heterocycles. The van der Waals surface area contributed by atoms with Crippen LogP contribution in [0.25, 0.3) is 0 Å². The summed E-state index contributed by atoms with van der Waals surface area (Å²) in [6, 6.07) is 7.87. The topological polar surface area (TPSA) is 21.6 Å². The third-order valence-corrected chi connectivity index (χ3v) is 1.60. The number of benzene rings is 1. The molecule has 0 fully saturated rings. The Balaban J connectivity index is 2.41. The van der Waals surface area contributed by atoms with E-state index in [-0.39, 0.29) is 0 Å². The minimum atomic E-state index is 0.440. The molecule has 1 radical (unpaired) electrons. The quantitative estimate of drug-likeness (QED) is 0.306. The predicted octanol–water partition coefficient (Wildman–Crippen LogP) is 2.25. The minimum absolute atomic E-state index is 0.440. The monoisotopic (exact) mass is 186 g/mol. The number of nitrogens with zero attached hydrogens (tertiary/aromatic N) is 1. The molecule has 2 nitrogen and oxygen atoms in total. The van der Waals surface area contributed by atoms with Crippen LogP contribution in [0.5, 0.6) is 0 Å². The highest BCUT2D eigenvalue weighted by molar-refractivity contribution is 5.79. The van der Waals surface area contributed by atoms with E-state index in [1.807, 2.05) is 31.2 Å². The molecular formula is C12H12NO. The van der Waals surface area contributed by atoms with Gasteiger partial charge in [0.05, 0.1) is 0 Å². The molecule has 0 bridgehead atoms. The van der Waals surface area contributed by atoms with Gasteiger partial charge in [0.2, 0.25) is 0 Å². The van der Waals surface area contributed by atoms with Gasteiger partial charge in [0.15, 0.2) is 0 Å². The molecule has 1 aromatic carbocycles. The Morgan fingerprint density at radius 2 is 2.36 bits per heavy atom. The van der Waals surface area contributed by atoms with Crippen molar-refractivity contribution in [3.8, 4) is 12.3 Å². The van der Waals surface area contributed by atoms with Crippen molar-refractivity contribution in [3.63, 3.8) is 0 Å². The van der Waals surface area contributed by atoms with Gasteiger partial charge in [-0.05, 0) is 13.0 Å². The van der Waals surface area contributed by atoms with Gasteiger partial charge in [0, 0.05) is 12.0 Å². The molecule has 1 rings (SSSR count). The highest BCUT2D eigenvalue weighted by atomic mass is 16.6. The molecule has 0 aliphatic rings. The van der Waals surface area contributed by atoms with Crippen LogP contribution in [0.2, 0.25) is 0 Å². The van der Waals surface area contributed by atoms with E-state index in [0.717, 1.165) is 5.56 Å². The third kappa shape index (κ3) is 3.77. The lowest BCUT2D eigenvalue weighted by Gasteiger charge is -1.95. The molecule has 14 heavy (non-hydrogen) atoms. The number of aryl methyl sites for hydroxylation is 1. The van der Waals surface area contributed by atoms with Crippen LogP contribution in [0.4, 0.5) is 0 Å². The average molecular weight is 186 g/mol. The van der Waals surface area contributed by atoms with Gasteiger partial charge in [-0.3, -0.25) is 0 Å². The van der Waals surface area contributed by atoms with Gasteiger partial charge in [-0.25, -0.2) is 0 Å². The van der Waals surface area contributed by atoms with Crippen LogP contribution in [-0.2, 0) is 4.84 Å². The molecule has 1 aromatic rings. The number of hydrogen-bond donors (Lipinski definition) is 0. The number of terminal acetylenes is 1. The molecule has 0 saturated heterocycles. The summed E-state index contributed by atoms with van der Waals surface area (Å²) >= 11 is 0. The molecule has 2 heteroatoms. The summed E-state index contributed by atoms with van der Waals surface area (Å²) in [5.74, 6) is 2.46. The fraction of sp³-hybridized carbons (Fsp3) is 0.250. The first-order valence-electron chi connectivity index (χ1n) is 4.41. The second-order valence-corrected chi connectivity index (χ2v) is 2.86. The largest absolute Gasteiger partial charge is 0.394 e. The first kappa shape index (κ1) is 10.3. The van der Waals surface area contributed by atoms with Crippen molar-refractivity contribution in [3.05, 3.63) is 35.4 Å². The maximum absolute atomic E-state index is 5.05. The van der Waals surface area contributed by atoms with Gasteiger partial charge in [-0.2, -0.15) is 0 Å². The zero-order valence-electron chi connectivity index (χ0n) is 8.16. The molecule has 0 heterocycles. The van der Waals surface area contributed by atoms with Crippen molar-refractivity contribution in [2.75, 3.05) is 6.61 Å². The van der Waals surface area contributed by atoms with Gasteiger partial charge in [0.1, 0.15) is 12.8 Å². The van der Waals surface area contributed by atoms with E-state index < -0.39 is 0 Å². The summed E-state index contributed by atoms with van der Waals surface area (Å²) in [7, 11) is 0. The van der Waals surface area contributed by atoms with Crippen molar-refractivity contribution in [1.82, 2.24) is 0 Å². The van der Waals surface area contributed by atoms with Gasteiger partial charge in [-0.15, -0.1) is 12.3 Å². The summed E-state index contributed by atoms with van der Waals surface area (Å²) in [6.45, 7) is 2.46. The van der Waals surface area contributed by atoms with Crippen LogP contribution < -0.4 is 0 Å². The first-order valence-corrected chi connectivity index (χ1v) is 4.41. The fourth-order valence-corrected chi connectivity index (χ4v) is 0.950. The Labute approximate surface area is 84.6 Å². The SMILES string of the molecule is C#CCCON=[C]c1cccc(C)c1. The van der Waals surface area contributed by atoms with Crippen LogP contribution in [0.1, 0.15) is 17.5 Å².